The zero-order valence-electron chi connectivity index (χ0n) is 19.8. The fourth-order valence-corrected chi connectivity index (χ4v) is 5.32. The average Bonchev–Trinajstić information content (AvgIpc) is 3.52. The first-order chi connectivity index (χ1) is 15.2. The third kappa shape index (κ3) is 5.43. The van der Waals surface area contributed by atoms with Crippen LogP contribution in [0.15, 0.2) is 12.5 Å². The number of amides is 1. The van der Waals surface area contributed by atoms with Crippen LogP contribution in [0, 0.1) is 5.92 Å². The first-order valence-corrected chi connectivity index (χ1v) is 15.6. The zero-order valence-corrected chi connectivity index (χ0v) is 20.8. The lowest BCUT2D eigenvalue weighted by molar-refractivity contribution is 0.0897. The summed E-state index contributed by atoms with van der Waals surface area (Å²) in [6.07, 6.45) is 7.28. The highest BCUT2D eigenvalue weighted by atomic mass is 28.3. The number of ether oxygens (including phenoxy) is 1. The predicted octanol–water partition coefficient (Wildman–Crippen LogP) is 4.81. The van der Waals surface area contributed by atoms with E-state index in [4.69, 9.17) is 4.74 Å². The largest absolute Gasteiger partial charge is 0.465 e. The Morgan fingerprint density at radius 1 is 1.31 bits per heavy atom. The predicted molar refractivity (Wildman–Crippen MR) is 129 cm³/mol. The number of hydrogen-bond donors (Lipinski definition) is 2. The molecule has 0 aromatic carbocycles. The summed E-state index contributed by atoms with van der Waals surface area (Å²) < 4.78 is 8.16. The highest BCUT2D eigenvalue weighted by Gasteiger charge is 2.32. The topological polar surface area (TPSA) is 92.5 Å². The lowest BCUT2D eigenvalue weighted by Gasteiger charge is -2.31. The average molecular weight is 460 g/mol. The van der Waals surface area contributed by atoms with Gasteiger partial charge in [-0.05, 0) is 49.1 Å². The number of rotatable bonds is 9. The van der Waals surface area contributed by atoms with Crippen molar-refractivity contribution in [2.45, 2.75) is 77.0 Å². The normalized spacial score (nSPS) is 20.5. The summed E-state index contributed by atoms with van der Waals surface area (Å²) in [7, 11) is -1.13. The number of nitrogens with one attached hydrogen (secondary N) is 1. The molecule has 32 heavy (non-hydrogen) atoms. The van der Waals surface area contributed by atoms with Gasteiger partial charge in [-0.25, -0.2) is 14.8 Å². The molecule has 1 aliphatic carbocycles. The summed E-state index contributed by atoms with van der Waals surface area (Å²) >= 11 is 0. The van der Waals surface area contributed by atoms with Crippen LogP contribution in [0.25, 0.3) is 11.0 Å². The maximum absolute atomic E-state index is 11.4. The van der Waals surface area contributed by atoms with Gasteiger partial charge in [0, 0.05) is 40.0 Å². The molecule has 2 aromatic rings. The monoisotopic (exact) mass is 459 g/mol. The van der Waals surface area contributed by atoms with Crippen LogP contribution in [0.4, 0.5) is 10.6 Å². The number of hydrogen-bond acceptors (Lipinski definition) is 5. The van der Waals surface area contributed by atoms with Crippen molar-refractivity contribution < 1.29 is 14.6 Å². The maximum Gasteiger partial charge on any atom is 0.407 e. The molecule has 0 radical (unpaired) electrons. The highest BCUT2D eigenvalue weighted by molar-refractivity contribution is 6.76. The Morgan fingerprint density at radius 3 is 2.78 bits per heavy atom. The molecule has 1 aliphatic heterocycles. The van der Waals surface area contributed by atoms with E-state index in [0.717, 1.165) is 42.3 Å². The molecule has 0 bridgehead atoms. The molecule has 2 aromatic heterocycles. The number of anilines is 1. The standard InChI is InChI=1S/C23H37N5O3Si/c1-16(17-7-8-17)19-13-28(15-31-10-11-32(2,3)4)22-20(19)21(24-14-25-22)26-18-6-5-9-27(12-18)23(29)30/h13-14,16-18H,5-12,15H2,1-4H3,(H,29,30)(H,24,25,26)/t16?,18-/m1/s1. The number of fused-ring (bicyclic) bond motifs is 1. The van der Waals surface area contributed by atoms with Crippen LogP contribution < -0.4 is 5.32 Å². The van der Waals surface area contributed by atoms with Gasteiger partial charge in [-0.15, -0.1) is 0 Å². The summed E-state index contributed by atoms with van der Waals surface area (Å²) in [6, 6.07) is 1.19. The molecule has 176 valence electrons. The van der Waals surface area contributed by atoms with Crippen LogP contribution in [-0.4, -0.2) is 64.4 Å². The van der Waals surface area contributed by atoms with E-state index in [1.807, 2.05) is 0 Å². The number of aromatic nitrogens is 3. The van der Waals surface area contributed by atoms with Crippen LogP contribution in [0.1, 0.15) is 44.1 Å². The molecule has 3 heterocycles. The summed E-state index contributed by atoms with van der Waals surface area (Å²) in [5, 5.41) is 14.0. The summed E-state index contributed by atoms with van der Waals surface area (Å²) in [5.74, 6) is 1.97. The van der Waals surface area contributed by atoms with Crippen molar-refractivity contribution >= 4 is 31.0 Å². The van der Waals surface area contributed by atoms with Crippen molar-refractivity contribution in [2.24, 2.45) is 5.92 Å². The minimum atomic E-state index is -1.13. The van der Waals surface area contributed by atoms with Gasteiger partial charge in [0.1, 0.15) is 24.5 Å². The smallest absolute Gasteiger partial charge is 0.407 e. The summed E-state index contributed by atoms with van der Waals surface area (Å²) in [5.41, 5.74) is 2.16. The first-order valence-electron chi connectivity index (χ1n) is 11.9. The molecule has 2 fully saturated rings. The van der Waals surface area contributed by atoms with E-state index < -0.39 is 14.2 Å². The molecule has 2 aliphatic rings. The summed E-state index contributed by atoms with van der Waals surface area (Å²) in [4.78, 5) is 22.2. The fourth-order valence-electron chi connectivity index (χ4n) is 4.56. The van der Waals surface area contributed by atoms with Crippen LogP contribution in [0.5, 0.6) is 0 Å². The quantitative estimate of drug-likeness (QED) is 0.413. The molecule has 1 unspecified atom stereocenters. The lowest BCUT2D eigenvalue weighted by atomic mass is 9.96. The molecule has 1 saturated heterocycles. The molecule has 2 N–H and O–H groups in total. The molecule has 4 rings (SSSR count). The van der Waals surface area contributed by atoms with Gasteiger partial charge in [0.15, 0.2) is 0 Å². The number of likely N-dealkylation sites (tertiary alicyclic amines) is 1. The Labute approximate surface area is 191 Å². The van der Waals surface area contributed by atoms with Crippen molar-refractivity contribution in [3.8, 4) is 0 Å². The maximum atomic E-state index is 11.4. The van der Waals surface area contributed by atoms with E-state index in [1.165, 1.54) is 23.3 Å². The Morgan fingerprint density at radius 2 is 2.09 bits per heavy atom. The van der Waals surface area contributed by atoms with Gasteiger partial charge in [-0.3, -0.25) is 0 Å². The van der Waals surface area contributed by atoms with Crippen LogP contribution in [-0.2, 0) is 11.5 Å². The van der Waals surface area contributed by atoms with Crippen molar-refractivity contribution in [1.29, 1.82) is 0 Å². The molecule has 2 atom stereocenters. The zero-order chi connectivity index (χ0) is 22.9. The Balaban J connectivity index is 1.59. The van der Waals surface area contributed by atoms with E-state index in [1.54, 1.807) is 6.33 Å². The van der Waals surface area contributed by atoms with Gasteiger partial charge in [-0.2, -0.15) is 0 Å². The fraction of sp³-hybridized carbons (Fsp3) is 0.696. The van der Waals surface area contributed by atoms with Gasteiger partial charge in [-0.1, -0.05) is 26.6 Å². The molecule has 1 saturated carbocycles. The highest BCUT2D eigenvalue weighted by Crippen LogP contribution is 2.45. The second-order valence-corrected chi connectivity index (χ2v) is 16.3. The molecule has 8 nitrogen and oxygen atoms in total. The van der Waals surface area contributed by atoms with Crippen molar-refractivity contribution in [2.75, 3.05) is 25.0 Å². The Hall–Kier alpha value is -2.13. The van der Waals surface area contributed by atoms with Crippen LogP contribution in [0.2, 0.25) is 25.7 Å². The number of nitrogens with zero attached hydrogens (tertiary/aromatic N) is 4. The third-order valence-corrected chi connectivity index (χ3v) is 8.47. The van der Waals surface area contributed by atoms with E-state index in [2.05, 4.69) is 52.6 Å². The summed E-state index contributed by atoms with van der Waals surface area (Å²) in [6.45, 7) is 11.7. The van der Waals surface area contributed by atoms with Gasteiger partial charge in [0.25, 0.3) is 0 Å². The van der Waals surface area contributed by atoms with Gasteiger partial charge in [0.05, 0.1) is 5.39 Å². The van der Waals surface area contributed by atoms with Crippen LogP contribution >= 0.6 is 0 Å². The molecular formula is C23H37N5O3Si. The van der Waals surface area contributed by atoms with Gasteiger partial charge >= 0.3 is 6.09 Å². The minimum absolute atomic E-state index is 0.0541. The van der Waals surface area contributed by atoms with Gasteiger partial charge < -0.3 is 24.6 Å². The van der Waals surface area contributed by atoms with Gasteiger partial charge in [0.2, 0.25) is 0 Å². The number of carbonyl (C=O) groups is 1. The SMILES string of the molecule is CC(c1cn(COCC[Si](C)(C)C)c2ncnc(N[C@@H]3CCCN(C(=O)O)C3)c12)C1CC1. The van der Waals surface area contributed by atoms with Crippen molar-refractivity contribution in [1.82, 2.24) is 19.4 Å². The molecule has 0 spiro atoms. The van der Waals surface area contributed by atoms with E-state index >= 15 is 0 Å². The van der Waals surface area contributed by atoms with Crippen LogP contribution in [0.3, 0.4) is 0 Å². The van der Waals surface area contributed by atoms with E-state index in [-0.39, 0.29) is 6.04 Å². The lowest BCUT2D eigenvalue weighted by Crippen LogP contribution is -2.44. The Bertz CT molecular complexity index is 953. The van der Waals surface area contributed by atoms with Crippen molar-refractivity contribution in [3.05, 3.63) is 18.1 Å². The second-order valence-electron chi connectivity index (χ2n) is 10.7. The Kier molecular flexibility index (Phi) is 6.76. The molecular weight excluding hydrogens is 422 g/mol. The van der Waals surface area contributed by atoms with Crippen molar-refractivity contribution in [3.63, 3.8) is 0 Å². The molecule has 9 heteroatoms. The number of carboxylic acid groups (broad SMARTS) is 1. The minimum Gasteiger partial charge on any atom is -0.465 e. The first kappa shape index (κ1) is 23.0. The van der Waals surface area contributed by atoms with E-state index in [0.29, 0.717) is 31.7 Å². The number of piperidine rings is 1. The second kappa shape index (κ2) is 9.39. The third-order valence-electron chi connectivity index (χ3n) is 6.76. The van der Waals surface area contributed by atoms with E-state index in [9.17, 15) is 9.90 Å². The molecule has 1 amide bonds.